The van der Waals surface area contributed by atoms with E-state index in [4.69, 9.17) is 4.74 Å². The number of fused-ring (bicyclic) bond motifs is 1. The Morgan fingerprint density at radius 3 is 2.57 bits per heavy atom. The molecular weight excluding hydrogens is 376 g/mol. The number of rotatable bonds is 6. The number of aromatic nitrogens is 1. The van der Waals surface area contributed by atoms with E-state index in [1.165, 1.54) is 18.3 Å². The molecule has 1 amide bonds. The van der Waals surface area contributed by atoms with Gasteiger partial charge in [0.2, 0.25) is 11.7 Å². The van der Waals surface area contributed by atoms with Crippen LogP contribution in [0.4, 0.5) is 5.00 Å². The average Bonchev–Trinajstić information content (AvgIpc) is 3.15. The lowest BCUT2D eigenvalue weighted by atomic mass is 9.95. The normalized spacial score (nSPS) is 13.1. The number of amides is 1. The van der Waals surface area contributed by atoms with Crippen molar-refractivity contribution >= 4 is 34.0 Å². The maximum absolute atomic E-state index is 12.8. The van der Waals surface area contributed by atoms with E-state index in [-0.39, 0.29) is 18.3 Å². The first-order valence-corrected chi connectivity index (χ1v) is 10.4. The Kier molecular flexibility index (Phi) is 6.03. The summed E-state index contributed by atoms with van der Waals surface area (Å²) in [4.78, 5) is 38.1. The Balaban J connectivity index is 1.79. The summed E-state index contributed by atoms with van der Waals surface area (Å²) in [6.45, 7) is 7.77. The van der Waals surface area contributed by atoms with Crippen LogP contribution < -0.4 is 5.32 Å². The predicted octanol–water partition coefficient (Wildman–Crippen LogP) is 4.06. The first-order valence-electron chi connectivity index (χ1n) is 9.62. The van der Waals surface area contributed by atoms with Gasteiger partial charge in [0.15, 0.2) is 6.61 Å². The number of hydrogen-bond donors (Lipinski definition) is 1. The van der Waals surface area contributed by atoms with Crippen molar-refractivity contribution in [2.45, 2.75) is 59.9 Å². The van der Waals surface area contributed by atoms with Crippen LogP contribution in [0.15, 0.2) is 6.07 Å². The van der Waals surface area contributed by atoms with Crippen molar-refractivity contribution in [2.24, 2.45) is 0 Å². The highest BCUT2D eigenvalue weighted by molar-refractivity contribution is 7.17. The highest BCUT2D eigenvalue weighted by Crippen LogP contribution is 2.38. The van der Waals surface area contributed by atoms with Crippen LogP contribution in [0.2, 0.25) is 0 Å². The first-order chi connectivity index (χ1) is 13.3. The second kappa shape index (κ2) is 8.31. The van der Waals surface area contributed by atoms with Crippen molar-refractivity contribution in [2.75, 3.05) is 11.9 Å². The summed E-state index contributed by atoms with van der Waals surface area (Å²) in [6, 6.07) is 1.84. The predicted molar refractivity (Wildman–Crippen MR) is 109 cm³/mol. The quantitative estimate of drug-likeness (QED) is 0.584. The maximum Gasteiger partial charge on any atom is 0.341 e. The lowest BCUT2D eigenvalue weighted by Gasteiger charge is -2.12. The number of ketones is 1. The van der Waals surface area contributed by atoms with Gasteiger partial charge in [-0.25, -0.2) is 4.79 Å². The van der Waals surface area contributed by atoms with Crippen molar-refractivity contribution in [3.63, 3.8) is 0 Å². The molecule has 0 spiro atoms. The fourth-order valence-electron chi connectivity index (χ4n) is 3.88. The highest BCUT2D eigenvalue weighted by atomic mass is 32.1. The molecule has 0 aliphatic heterocycles. The molecule has 0 fully saturated rings. The van der Waals surface area contributed by atoms with Crippen LogP contribution in [-0.2, 0) is 28.9 Å². The Labute approximate surface area is 168 Å². The van der Waals surface area contributed by atoms with Gasteiger partial charge in [0, 0.05) is 35.3 Å². The van der Waals surface area contributed by atoms with Gasteiger partial charge >= 0.3 is 5.97 Å². The number of nitrogens with one attached hydrogen (secondary N) is 1. The molecule has 7 heteroatoms. The lowest BCUT2D eigenvalue weighted by molar-refractivity contribution is -0.114. The van der Waals surface area contributed by atoms with Gasteiger partial charge in [-0.1, -0.05) is 0 Å². The summed E-state index contributed by atoms with van der Waals surface area (Å²) in [5.74, 6) is -0.983. The second-order valence-corrected chi connectivity index (χ2v) is 8.23. The number of carbonyl (C=O) groups is 3. The second-order valence-electron chi connectivity index (χ2n) is 7.12. The molecule has 0 saturated carbocycles. The SMILES string of the molecule is CCn1c(C)cc(C(=O)COC(=O)c2c(NC(C)=O)sc3c2CCCC3)c1C. The van der Waals surface area contributed by atoms with E-state index < -0.39 is 5.97 Å². The van der Waals surface area contributed by atoms with Gasteiger partial charge in [0.1, 0.15) is 5.00 Å². The van der Waals surface area contributed by atoms with Crippen LogP contribution in [0.5, 0.6) is 0 Å². The largest absolute Gasteiger partial charge is 0.454 e. The van der Waals surface area contributed by atoms with E-state index in [0.717, 1.165) is 54.1 Å². The molecular formula is C21H26N2O4S. The molecule has 1 aliphatic rings. The topological polar surface area (TPSA) is 77.4 Å². The molecule has 0 bridgehead atoms. The lowest BCUT2D eigenvalue weighted by Crippen LogP contribution is -2.18. The third-order valence-corrected chi connectivity index (χ3v) is 6.40. The zero-order valence-electron chi connectivity index (χ0n) is 16.8. The number of thiophene rings is 1. The fourth-order valence-corrected chi connectivity index (χ4v) is 5.20. The molecule has 2 aromatic rings. The highest BCUT2D eigenvalue weighted by Gasteiger charge is 2.27. The van der Waals surface area contributed by atoms with Gasteiger partial charge in [-0.2, -0.15) is 0 Å². The number of Topliss-reactive ketones (excluding diaryl/α,β-unsaturated/α-hetero) is 1. The summed E-state index contributed by atoms with van der Waals surface area (Å²) in [5.41, 5.74) is 3.85. The third-order valence-electron chi connectivity index (χ3n) is 5.19. The summed E-state index contributed by atoms with van der Waals surface area (Å²) in [6.07, 6.45) is 3.78. The molecule has 2 heterocycles. The zero-order chi connectivity index (χ0) is 20.4. The molecule has 0 aromatic carbocycles. The average molecular weight is 403 g/mol. The zero-order valence-corrected chi connectivity index (χ0v) is 17.6. The molecule has 0 radical (unpaired) electrons. The summed E-state index contributed by atoms with van der Waals surface area (Å²) in [7, 11) is 0. The monoisotopic (exact) mass is 402 g/mol. The van der Waals surface area contributed by atoms with Gasteiger partial charge in [-0.15, -0.1) is 11.3 Å². The molecule has 28 heavy (non-hydrogen) atoms. The van der Waals surface area contributed by atoms with Crippen molar-refractivity contribution in [1.82, 2.24) is 4.57 Å². The Bertz CT molecular complexity index is 939. The number of aryl methyl sites for hydroxylation is 2. The van der Waals surface area contributed by atoms with Crippen LogP contribution in [0.3, 0.4) is 0 Å². The Morgan fingerprint density at radius 1 is 1.21 bits per heavy atom. The Hall–Kier alpha value is -2.41. The van der Waals surface area contributed by atoms with Gasteiger partial charge in [0.05, 0.1) is 5.56 Å². The van der Waals surface area contributed by atoms with Crippen molar-refractivity contribution in [3.05, 3.63) is 39.0 Å². The van der Waals surface area contributed by atoms with Crippen LogP contribution >= 0.6 is 11.3 Å². The molecule has 1 N–H and O–H groups in total. The maximum atomic E-state index is 12.8. The van der Waals surface area contributed by atoms with Crippen LogP contribution in [0, 0.1) is 13.8 Å². The molecule has 3 rings (SSSR count). The molecule has 0 atom stereocenters. The van der Waals surface area contributed by atoms with Gasteiger partial charge < -0.3 is 14.6 Å². The minimum atomic E-state index is -0.541. The summed E-state index contributed by atoms with van der Waals surface area (Å²) in [5, 5.41) is 3.28. The summed E-state index contributed by atoms with van der Waals surface area (Å²) < 4.78 is 7.44. The van der Waals surface area contributed by atoms with E-state index in [1.54, 1.807) is 0 Å². The number of carbonyl (C=O) groups excluding carboxylic acids is 3. The fraction of sp³-hybridized carbons (Fsp3) is 0.476. The Morgan fingerprint density at radius 2 is 1.93 bits per heavy atom. The van der Waals surface area contributed by atoms with Crippen molar-refractivity contribution in [3.8, 4) is 0 Å². The first kappa shape index (κ1) is 20.3. The molecule has 0 saturated heterocycles. The number of esters is 1. The van der Waals surface area contributed by atoms with E-state index in [2.05, 4.69) is 9.88 Å². The number of ether oxygens (including phenoxy) is 1. The van der Waals surface area contributed by atoms with E-state index in [1.807, 2.05) is 26.8 Å². The standard InChI is InChI=1S/C21H26N2O4S/c1-5-23-12(2)10-16(13(23)3)17(25)11-27-21(26)19-15-8-6-7-9-18(15)28-20(19)22-14(4)24/h10H,5-9,11H2,1-4H3,(H,22,24). The van der Waals surface area contributed by atoms with E-state index in [9.17, 15) is 14.4 Å². The molecule has 1 aliphatic carbocycles. The molecule has 150 valence electrons. The van der Waals surface area contributed by atoms with Gasteiger partial charge in [-0.05, 0) is 58.1 Å². The van der Waals surface area contributed by atoms with E-state index in [0.29, 0.717) is 16.1 Å². The van der Waals surface area contributed by atoms with Crippen LogP contribution in [0.1, 0.15) is 69.2 Å². The minimum absolute atomic E-state index is 0.216. The third kappa shape index (κ3) is 3.90. The van der Waals surface area contributed by atoms with Crippen LogP contribution in [-0.4, -0.2) is 28.8 Å². The molecule has 0 unspecified atom stereocenters. The molecule has 2 aromatic heterocycles. The van der Waals surface area contributed by atoms with Crippen molar-refractivity contribution < 1.29 is 19.1 Å². The minimum Gasteiger partial charge on any atom is -0.454 e. The van der Waals surface area contributed by atoms with E-state index >= 15 is 0 Å². The number of hydrogen-bond acceptors (Lipinski definition) is 5. The summed E-state index contributed by atoms with van der Waals surface area (Å²) >= 11 is 1.44. The number of anilines is 1. The molecule has 6 nitrogen and oxygen atoms in total. The van der Waals surface area contributed by atoms with Gasteiger partial charge in [0.25, 0.3) is 0 Å². The smallest absolute Gasteiger partial charge is 0.341 e. The van der Waals surface area contributed by atoms with Gasteiger partial charge in [-0.3, -0.25) is 9.59 Å². The van der Waals surface area contributed by atoms with Crippen molar-refractivity contribution in [1.29, 1.82) is 0 Å². The van der Waals surface area contributed by atoms with Crippen LogP contribution in [0.25, 0.3) is 0 Å². The number of nitrogens with zero attached hydrogens (tertiary/aromatic N) is 1.